The SMILES string of the molecule is O=Nc1cccc(SCCCCN2C(=O)c3ccccc3C2=O)c1. The molecule has 0 fully saturated rings. The van der Waals surface area contributed by atoms with E-state index in [0.29, 0.717) is 23.4 Å². The van der Waals surface area contributed by atoms with Crippen molar-refractivity contribution in [2.75, 3.05) is 12.3 Å². The molecule has 122 valence electrons. The van der Waals surface area contributed by atoms with Crippen LogP contribution >= 0.6 is 11.8 Å². The molecule has 5 nitrogen and oxygen atoms in total. The lowest BCUT2D eigenvalue weighted by molar-refractivity contribution is 0.0652. The first-order valence-electron chi connectivity index (χ1n) is 7.72. The van der Waals surface area contributed by atoms with Crippen molar-refractivity contribution in [3.63, 3.8) is 0 Å². The van der Waals surface area contributed by atoms with Crippen LogP contribution in [-0.2, 0) is 0 Å². The number of amides is 2. The minimum atomic E-state index is -0.201. The van der Waals surface area contributed by atoms with Gasteiger partial charge in [-0.25, -0.2) is 0 Å². The van der Waals surface area contributed by atoms with Crippen molar-refractivity contribution < 1.29 is 9.59 Å². The van der Waals surface area contributed by atoms with E-state index in [9.17, 15) is 14.5 Å². The zero-order valence-electron chi connectivity index (χ0n) is 13.0. The lowest BCUT2D eigenvalue weighted by atomic mass is 10.1. The van der Waals surface area contributed by atoms with E-state index >= 15 is 0 Å². The highest BCUT2D eigenvalue weighted by molar-refractivity contribution is 7.99. The summed E-state index contributed by atoms with van der Waals surface area (Å²) >= 11 is 1.63. The van der Waals surface area contributed by atoms with Crippen LogP contribution in [0.3, 0.4) is 0 Å². The summed E-state index contributed by atoms with van der Waals surface area (Å²) in [5.41, 5.74) is 1.41. The van der Waals surface area contributed by atoms with Crippen LogP contribution in [0, 0.1) is 4.91 Å². The van der Waals surface area contributed by atoms with E-state index in [4.69, 9.17) is 0 Å². The molecular formula is C18H16N2O3S. The third-order valence-electron chi connectivity index (χ3n) is 3.85. The number of rotatable bonds is 7. The van der Waals surface area contributed by atoms with Gasteiger partial charge in [-0.1, -0.05) is 18.2 Å². The number of carbonyl (C=O) groups is 2. The summed E-state index contributed by atoms with van der Waals surface area (Å²) in [4.78, 5) is 37.3. The van der Waals surface area contributed by atoms with Crippen LogP contribution in [0.5, 0.6) is 0 Å². The molecule has 0 aliphatic carbocycles. The predicted molar refractivity (Wildman–Crippen MR) is 93.7 cm³/mol. The summed E-state index contributed by atoms with van der Waals surface area (Å²) in [6.07, 6.45) is 1.63. The van der Waals surface area contributed by atoms with Crippen LogP contribution in [0.1, 0.15) is 33.6 Å². The molecule has 24 heavy (non-hydrogen) atoms. The van der Waals surface area contributed by atoms with Crippen molar-refractivity contribution in [1.82, 2.24) is 4.90 Å². The maximum atomic E-state index is 12.2. The van der Waals surface area contributed by atoms with Gasteiger partial charge in [-0.3, -0.25) is 14.5 Å². The second-order valence-electron chi connectivity index (χ2n) is 5.45. The standard InChI is InChI=1S/C18H16N2O3S/c21-17-15-8-1-2-9-16(15)18(22)20(17)10-3-4-11-24-14-7-5-6-13(12-14)19-23/h1-2,5-9,12H,3-4,10-11H2. The van der Waals surface area contributed by atoms with E-state index < -0.39 is 0 Å². The first kappa shape index (κ1) is 16.4. The number of carbonyl (C=O) groups excluding carboxylic acids is 2. The number of unbranched alkanes of at least 4 members (excludes halogenated alkanes) is 1. The number of nitroso groups, excluding NO2 is 1. The topological polar surface area (TPSA) is 66.8 Å². The fourth-order valence-corrected chi connectivity index (χ4v) is 3.60. The molecule has 1 heterocycles. The number of nitrogens with zero attached hydrogens (tertiary/aromatic N) is 2. The van der Waals surface area contributed by atoms with Crippen LogP contribution in [-0.4, -0.2) is 29.0 Å². The molecule has 0 radical (unpaired) electrons. The van der Waals surface area contributed by atoms with Crippen LogP contribution in [0.25, 0.3) is 0 Å². The molecule has 3 rings (SSSR count). The van der Waals surface area contributed by atoms with E-state index in [1.165, 1.54) is 4.90 Å². The molecule has 6 heteroatoms. The Kier molecular flexibility index (Phi) is 5.05. The molecule has 0 spiro atoms. The van der Waals surface area contributed by atoms with Crippen LogP contribution in [0.2, 0.25) is 0 Å². The molecule has 0 aromatic heterocycles. The first-order chi connectivity index (χ1) is 11.7. The highest BCUT2D eigenvalue weighted by atomic mass is 32.2. The molecule has 0 unspecified atom stereocenters. The molecule has 0 bridgehead atoms. The average molecular weight is 340 g/mol. The van der Waals surface area contributed by atoms with Crippen LogP contribution in [0.4, 0.5) is 5.69 Å². The Morgan fingerprint density at radius 2 is 1.62 bits per heavy atom. The minimum Gasteiger partial charge on any atom is -0.274 e. The monoisotopic (exact) mass is 340 g/mol. The van der Waals surface area contributed by atoms with Gasteiger partial charge in [0.25, 0.3) is 11.8 Å². The zero-order valence-corrected chi connectivity index (χ0v) is 13.8. The normalized spacial score (nSPS) is 13.2. The molecule has 1 aliphatic rings. The Balaban J connectivity index is 1.47. The van der Waals surface area contributed by atoms with Crippen molar-refractivity contribution in [3.05, 3.63) is 64.6 Å². The summed E-state index contributed by atoms with van der Waals surface area (Å²) in [6.45, 7) is 0.433. The number of hydrogen-bond acceptors (Lipinski definition) is 5. The van der Waals surface area contributed by atoms with Gasteiger partial charge in [0.1, 0.15) is 5.69 Å². The maximum absolute atomic E-state index is 12.2. The summed E-state index contributed by atoms with van der Waals surface area (Å²) < 4.78 is 0. The summed E-state index contributed by atoms with van der Waals surface area (Å²) in [5, 5.41) is 2.92. The van der Waals surface area contributed by atoms with Gasteiger partial charge in [0.2, 0.25) is 0 Å². The third kappa shape index (κ3) is 3.38. The van der Waals surface area contributed by atoms with Gasteiger partial charge in [-0.15, -0.1) is 16.7 Å². The van der Waals surface area contributed by atoms with Gasteiger partial charge in [0, 0.05) is 11.4 Å². The fraction of sp³-hybridized carbons (Fsp3) is 0.222. The Morgan fingerprint density at radius 3 is 2.29 bits per heavy atom. The largest absolute Gasteiger partial charge is 0.274 e. The second kappa shape index (κ2) is 7.40. The van der Waals surface area contributed by atoms with Crippen molar-refractivity contribution in [3.8, 4) is 0 Å². The lowest BCUT2D eigenvalue weighted by Gasteiger charge is -2.13. The molecule has 2 aromatic carbocycles. The number of benzene rings is 2. The molecule has 0 saturated heterocycles. The highest BCUT2D eigenvalue weighted by Crippen LogP contribution is 2.25. The Morgan fingerprint density at radius 1 is 0.917 bits per heavy atom. The third-order valence-corrected chi connectivity index (χ3v) is 4.93. The summed E-state index contributed by atoms with van der Waals surface area (Å²) in [6, 6.07) is 14.1. The fourth-order valence-electron chi connectivity index (χ4n) is 2.63. The quantitative estimate of drug-likeness (QED) is 0.327. The minimum absolute atomic E-state index is 0.201. The second-order valence-corrected chi connectivity index (χ2v) is 6.62. The Bertz CT molecular complexity index is 756. The van der Waals surface area contributed by atoms with Gasteiger partial charge in [-0.05, 0) is 54.1 Å². The molecule has 2 aromatic rings. The summed E-state index contributed by atoms with van der Waals surface area (Å²) in [7, 11) is 0. The van der Waals surface area contributed by atoms with E-state index in [2.05, 4.69) is 5.18 Å². The van der Waals surface area contributed by atoms with Crippen LogP contribution in [0.15, 0.2) is 58.6 Å². The van der Waals surface area contributed by atoms with Crippen LogP contribution < -0.4 is 0 Å². The number of fused-ring (bicyclic) bond motifs is 1. The smallest absolute Gasteiger partial charge is 0.261 e. The van der Waals surface area contributed by atoms with E-state index in [-0.39, 0.29) is 11.8 Å². The van der Waals surface area contributed by atoms with Gasteiger partial charge in [0.05, 0.1) is 11.1 Å². The molecule has 0 saturated carbocycles. The van der Waals surface area contributed by atoms with Gasteiger partial charge >= 0.3 is 0 Å². The maximum Gasteiger partial charge on any atom is 0.261 e. The lowest BCUT2D eigenvalue weighted by Crippen LogP contribution is -2.30. The summed E-state index contributed by atoms with van der Waals surface area (Å²) in [5.74, 6) is 0.451. The molecule has 1 aliphatic heterocycles. The molecule has 2 amide bonds. The molecule has 0 N–H and O–H groups in total. The van der Waals surface area contributed by atoms with Crippen molar-refractivity contribution in [1.29, 1.82) is 0 Å². The first-order valence-corrected chi connectivity index (χ1v) is 8.70. The van der Waals surface area contributed by atoms with E-state index in [1.54, 1.807) is 54.2 Å². The molecule has 0 atom stereocenters. The number of imide groups is 1. The predicted octanol–water partition coefficient (Wildman–Crippen LogP) is 4.25. The number of thioether (sulfide) groups is 1. The van der Waals surface area contributed by atoms with E-state index in [0.717, 1.165) is 23.5 Å². The van der Waals surface area contributed by atoms with Gasteiger partial charge in [0.15, 0.2) is 0 Å². The molecular weight excluding hydrogens is 324 g/mol. The van der Waals surface area contributed by atoms with Gasteiger partial charge in [-0.2, -0.15) is 0 Å². The van der Waals surface area contributed by atoms with Gasteiger partial charge < -0.3 is 0 Å². The Hall–Kier alpha value is -2.47. The zero-order chi connectivity index (χ0) is 16.9. The highest BCUT2D eigenvalue weighted by Gasteiger charge is 2.34. The van der Waals surface area contributed by atoms with E-state index in [1.807, 2.05) is 6.07 Å². The van der Waals surface area contributed by atoms with Crippen molar-refractivity contribution in [2.24, 2.45) is 5.18 Å². The van der Waals surface area contributed by atoms with Crippen molar-refractivity contribution >= 4 is 29.3 Å². The average Bonchev–Trinajstić information content (AvgIpc) is 2.86. The Labute approximate surface area is 144 Å². The van der Waals surface area contributed by atoms with Crippen molar-refractivity contribution in [2.45, 2.75) is 17.7 Å². The number of hydrogen-bond donors (Lipinski definition) is 0.